The number of carboxylic acid groups (broad SMARTS) is 1. The van der Waals surface area contributed by atoms with Gasteiger partial charge in [0.05, 0.1) is 10.9 Å². The molecule has 2 aromatic carbocycles. The summed E-state index contributed by atoms with van der Waals surface area (Å²) in [7, 11) is 0. The van der Waals surface area contributed by atoms with E-state index in [4.69, 9.17) is 5.11 Å². The highest BCUT2D eigenvalue weighted by Gasteiger charge is 2.25. The summed E-state index contributed by atoms with van der Waals surface area (Å²) < 4.78 is 1.67. The van der Waals surface area contributed by atoms with Crippen molar-refractivity contribution in [3.8, 4) is 0 Å². The lowest BCUT2D eigenvalue weighted by Gasteiger charge is -2.12. The third kappa shape index (κ3) is 3.61. The zero-order chi connectivity index (χ0) is 21.3. The zero-order valence-corrected chi connectivity index (χ0v) is 16.5. The molecule has 30 heavy (non-hydrogen) atoms. The maximum atomic E-state index is 12.9. The molecule has 0 saturated heterocycles. The van der Waals surface area contributed by atoms with Gasteiger partial charge in [-0.2, -0.15) is 0 Å². The normalized spacial score (nSPS) is 15.2. The van der Waals surface area contributed by atoms with Crippen LogP contribution in [0.25, 0.3) is 22.6 Å². The summed E-state index contributed by atoms with van der Waals surface area (Å²) >= 11 is 0. The van der Waals surface area contributed by atoms with Gasteiger partial charge in [0.15, 0.2) is 0 Å². The quantitative estimate of drug-likeness (QED) is 0.636. The average Bonchev–Trinajstić information content (AvgIpc) is 3.12. The van der Waals surface area contributed by atoms with Crippen molar-refractivity contribution in [1.82, 2.24) is 9.55 Å². The number of hydrogen-bond donors (Lipinski definition) is 2. The average molecular weight is 403 g/mol. The van der Waals surface area contributed by atoms with Crippen molar-refractivity contribution in [2.24, 2.45) is 5.92 Å². The van der Waals surface area contributed by atoms with Gasteiger partial charge in [-0.25, -0.2) is 4.98 Å². The Bertz CT molecular complexity index is 1230. The van der Waals surface area contributed by atoms with Crippen LogP contribution < -0.4 is 10.9 Å². The number of anilines is 1. The molecule has 2 N–H and O–H groups in total. The highest BCUT2D eigenvalue weighted by molar-refractivity contribution is 6.04. The van der Waals surface area contributed by atoms with E-state index >= 15 is 0 Å². The lowest BCUT2D eigenvalue weighted by Crippen LogP contribution is -2.29. The highest BCUT2D eigenvalue weighted by atomic mass is 16.4. The molecule has 3 aromatic rings. The molecule has 0 spiro atoms. The van der Waals surface area contributed by atoms with Gasteiger partial charge in [-0.3, -0.25) is 19.0 Å². The zero-order valence-electron chi connectivity index (χ0n) is 16.5. The van der Waals surface area contributed by atoms with Crippen LogP contribution in [-0.4, -0.2) is 26.5 Å². The molecule has 2 heterocycles. The van der Waals surface area contributed by atoms with Crippen molar-refractivity contribution < 1.29 is 14.7 Å². The first kappa shape index (κ1) is 19.6. The van der Waals surface area contributed by atoms with Gasteiger partial charge in [0.25, 0.3) is 5.56 Å². The number of amides is 1. The smallest absolute Gasteiger partial charge is 0.316 e. The van der Waals surface area contributed by atoms with E-state index in [9.17, 15) is 14.4 Å². The van der Waals surface area contributed by atoms with E-state index in [0.717, 1.165) is 11.1 Å². The minimum Gasteiger partial charge on any atom is -0.481 e. The Balaban J connectivity index is 1.72. The highest BCUT2D eigenvalue weighted by Crippen LogP contribution is 2.28. The summed E-state index contributed by atoms with van der Waals surface area (Å²) in [6.07, 6.45) is 2.94. The molecule has 0 bridgehead atoms. The van der Waals surface area contributed by atoms with Crippen molar-refractivity contribution in [3.63, 3.8) is 0 Å². The van der Waals surface area contributed by atoms with Crippen LogP contribution in [-0.2, 0) is 16.1 Å². The molecule has 1 amide bonds. The predicted octanol–water partition coefficient (Wildman–Crippen LogP) is 3.39. The van der Waals surface area contributed by atoms with Crippen LogP contribution >= 0.6 is 0 Å². The maximum Gasteiger partial charge on any atom is 0.316 e. The number of aliphatic carboxylic acids is 1. The Kier molecular flexibility index (Phi) is 5.18. The number of carbonyl (C=O) groups excluding carboxylic acids is 1. The number of carboxylic acids is 1. The number of aromatic nitrogens is 2. The molecule has 0 fully saturated rings. The number of carbonyl (C=O) groups is 2. The minimum absolute atomic E-state index is 0.124. The van der Waals surface area contributed by atoms with Gasteiger partial charge in [-0.1, -0.05) is 37.3 Å². The molecular weight excluding hydrogens is 382 g/mol. The number of fused-ring (bicyclic) bond motifs is 2. The van der Waals surface area contributed by atoms with Crippen molar-refractivity contribution in [3.05, 3.63) is 70.3 Å². The van der Waals surface area contributed by atoms with Gasteiger partial charge in [-0.15, -0.1) is 0 Å². The van der Waals surface area contributed by atoms with E-state index in [2.05, 4.69) is 10.3 Å². The lowest BCUT2D eigenvalue weighted by molar-refractivity contribution is -0.145. The summed E-state index contributed by atoms with van der Waals surface area (Å²) in [5, 5.41) is 12.2. The number of nitrogens with zero attached hydrogens (tertiary/aromatic N) is 2. The molecule has 1 atom stereocenters. The van der Waals surface area contributed by atoms with Crippen LogP contribution in [0.4, 0.5) is 5.69 Å². The summed E-state index contributed by atoms with van der Waals surface area (Å²) in [6, 6.07) is 14.7. The fourth-order valence-corrected chi connectivity index (χ4v) is 3.68. The van der Waals surface area contributed by atoms with E-state index in [1.165, 1.54) is 0 Å². The Morgan fingerprint density at radius 1 is 1.23 bits per heavy atom. The third-order valence-corrected chi connectivity index (χ3v) is 5.28. The van der Waals surface area contributed by atoms with Gasteiger partial charge < -0.3 is 10.4 Å². The first-order valence-electron chi connectivity index (χ1n) is 9.82. The Labute approximate surface area is 172 Å². The second-order valence-electron chi connectivity index (χ2n) is 7.24. The van der Waals surface area contributed by atoms with Gasteiger partial charge in [0, 0.05) is 12.2 Å². The van der Waals surface area contributed by atoms with Crippen LogP contribution in [0.2, 0.25) is 0 Å². The minimum atomic E-state index is -1.17. The number of allylic oxidation sites excluding steroid dienone is 1. The lowest BCUT2D eigenvalue weighted by atomic mass is 10.1. The maximum absolute atomic E-state index is 12.9. The van der Waals surface area contributed by atoms with Crippen LogP contribution in [0.5, 0.6) is 0 Å². The van der Waals surface area contributed by atoms with E-state index in [1.807, 2.05) is 36.4 Å². The topological polar surface area (TPSA) is 101 Å². The van der Waals surface area contributed by atoms with E-state index in [1.54, 1.807) is 29.7 Å². The molecule has 152 valence electrons. The molecule has 1 aliphatic heterocycles. The standard InChI is InChI=1S/C23H21N3O4/c1-2-17(23(29)30)21(27)24-16-8-9-18-19(13-16)25-20-15(10-11-26(20)22(18)28)12-14-6-4-3-5-7-14/h3-9,12-13,17H,2,10-11H2,1H3,(H,24,27)(H,29,30)/b15-12+. The molecule has 0 saturated carbocycles. The van der Waals surface area contributed by atoms with Gasteiger partial charge in [0.1, 0.15) is 11.7 Å². The first-order chi connectivity index (χ1) is 14.5. The third-order valence-electron chi connectivity index (χ3n) is 5.28. The molecule has 1 aliphatic rings. The van der Waals surface area contributed by atoms with Crippen LogP contribution in [0.1, 0.15) is 31.2 Å². The molecule has 7 nitrogen and oxygen atoms in total. The molecule has 1 aromatic heterocycles. The van der Waals surface area contributed by atoms with Crippen LogP contribution in [0, 0.1) is 5.92 Å². The summed E-state index contributed by atoms with van der Waals surface area (Å²) in [5.74, 6) is -2.26. The second kappa shape index (κ2) is 7.94. The largest absolute Gasteiger partial charge is 0.481 e. The van der Waals surface area contributed by atoms with Crippen molar-refractivity contribution in [2.45, 2.75) is 26.3 Å². The van der Waals surface area contributed by atoms with E-state index in [-0.39, 0.29) is 12.0 Å². The molecule has 4 rings (SSSR count). The fourth-order valence-electron chi connectivity index (χ4n) is 3.68. The van der Waals surface area contributed by atoms with Crippen molar-refractivity contribution in [1.29, 1.82) is 0 Å². The Morgan fingerprint density at radius 3 is 2.70 bits per heavy atom. The molecule has 7 heteroatoms. The van der Waals surface area contributed by atoms with Crippen molar-refractivity contribution >= 4 is 40.1 Å². The van der Waals surface area contributed by atoms with Gasteiger partial charge in [0.2, 0.25) is 5.91 Å². The number of rotatable bonds is 5. The monoisotopic (exact) mass is 403 g/mol. The van der Waals surface area contributed by atoms with Gasteiger partial charge in [-0.05, 0) is 48.3 Å². The second-order valence-corrected chi connectivity index (χ2v) is 7.24. The Morgan fingerprint density at radius 2 is 2.00 bits per heavy atom. The van der Waals surface area contributed by atoms with Crippen molar-refractivity contribution in [2.75, 3.05) is 5.32 Å². The fraction of sp³-hybridized carbons (Fsp3) is 0.217. The first-order valence-corrected chi connectivity index (χ1v) is 9.82. The number of hydrogen-bond acceptors (Lipinski definition) is 4. The number of benzene rings is 2. The summed E-state index contributed by atoms with van der Waals surface area (Å²) in [4.78, 5) is 41.1. The van der Waals surface area contributed by atoms with Crippen LogP contribution in [0.15, 0.2) is 53.3 Å². The van der Waals surface area contributed by atoms with E-state index in [0.29, 0.717) is 35.4 Å². The molecule has 0 radical (unpaired) electrons. The summed E-state index contributed by atoms with van der Waals surface area (Å²) in [6.45, 7) is 2.22. The predicted molar refractivity (Wildman–Crippen MR) is 115 cm³/mol. The molecular formula is C23H21N3O4. The summed E-state index contributed by atoms with van der Waals surface area (Å²) in [5.41, 5.74) is 2.77. The SMILES string of the molecule is CCC(C(=O)O)C(=O)Nc1ccc2c(=O)n3c(nc2c1)/C(=C/c1ccccc1)CC3. The van der Waals surface area contributed by atoms with Gasteiger partial charge >= 0.3 is 5.97 Å². The number of nitrogens with one attached hydrogen (secondary N) is 1. The molecule has 0 aliphatic carbocycles. The molecule has 1 unspecified atom stereocenters. The van der Waals surface area contributed by atoms with Crippen LogP contribution in [0.3, 0.4) is 0 Å². The Hall–Kier alpha value is -3.74. The van der Waals surface area contributed by atoms with E-state index < -0.39 is 17.8 Å².